The third-order valence-corrected chi connectivity index (χ3v) is 5.46. The van der Waals surface area contributed by atoms with Crippen LogP contribution in [0.1, 0.15) is 11.7 Å². The number of ether oxygens (including phenoxy) is 1. The Hall–Kier alpha value is -3.35. The van der Waals surface area contributed by atoms with Gasteiger partial charge in [0.1, 0.15) is 53.2 Å². The fraction of sp³-hybridized carbons (Fsp3) is 0.286. The molecule has 0 radical (unpaired) electrons. The predicted molar refractivity (Wildman–Crippen MR) is 107 cm³/mol. The molecule has 2 aromatic carbocycles. The highest BCUT2D eigenvalue weighted by atomic mass is 16.5. The van der Waals surface area contributed by atoms with Gasteiger partial charge in [0.05, 0.1) is 12.2 Å². The smallest absolute Gasteiger partial charge is 0.202 e. The minimum Gasteiger partial charge on any atom is -0.508 e. The van der Waals surface area contributed by atoms with E-state index < -0.39 is 76.3 Å². The van der Waals surface area contributed by atoms with Crippen LogP contribution in [0.2, 0.25) is 0 Å². The van der Waals surface area contributed by atoms with Crippen molar-refractivity contribution in [2.24, 2.45) is 0 Å². The monoisotopic (exact) mass is 448 g/mol. The van der Waals surface area contributed by atoms with Crippen LogP contribution in [-0.2, 0) is 4.74 Å². The van der Waals surface area contributed by atoms with E-state index in [1.165, 1.54) is 24.3 Å². The van der Waals surface area contributed by atoms with Crippen LogP contribution in [0.3, 0.4) is 0 Å². The fourth-order valence-corrected chi connectivity index (χ4v) is 3.74. The highest BCUT2D eigenvalue weighted by molar-refractivity contribution is 5.93. The lowest BCUT2D eigenvalue weighted by Crippen LogP contribution is -2.55. The third kappa shape index (κ3) is 3.32. The van der Waals surface area contributed by atoms with E-state index in [0.29, 0.717) is 5.56 Å². The van der Waals surface area contributed by atoms with Crippen LogP contribution in [-0.4, -0.2) is 71.9 Å². The number of fused-ring (bicyclic) bond motifs is 1. The Bertz CT molecular complexity index is 1220. The van der Waals surface area contributed by atoms with E-state index in [0.717, 1.165) is 6.07 Å². The van der Waals surface area contributed by atoms with Crippen molar-refractivity contribution in [1.29, 1.82) is 0 Å². The van der Waals surface area contributed by atoms with Crippen LogP contribution in [0.4, 0.5) is 0 Å². The van der Waals surface area contributed by atoms with Gasteiger partial charge in [0.2, 0.25) is 5.75 Å². The Balaban J connectivity index is 1.91. The quantitative estimate of drug-likeness (QED) is 0.195. The first-order valence-corrected chi connectivity index (χ1v) is 9.50. The molecule has 5 atom stereocenters. The van der Waals surface area contributed by atoms with Gasteiger partial charge in [-0.05, 0) is 24.3 Å². The molecule has 1 aromatic heterocycles. The molecule has 11 nitrogen and oxygen atoms in total. The van der Waals surface area contributed by atoms with E-state index in [1.54, 1.807) is 0 Å². The zero-order valence-electron chi connectivity index (χ0n) is 16.3. The molecular formula is C21H20O11. The van der Waals surface area contributed by atoms with Gasteiger partial charge in [0.15, 0.2) is 16.8 Å². The van der Waals surface area contributed by atoms with E-state index in [2.05, 4.69) is 0 Å². The van der Waals surface area contributed by atoms with Gasteiger partial charge in [0, 0.05) is 11.6 Å². The van der Waals surface area contributed by atoms with Gasteiger partial charge in [-0.1, -0.05) is 0 Å². The molecule has 8 N–H and O–H groups in total. The first kappa shape index (κ1) is 21.9. The van der Waals surface area contributed by atoms with E-state index >= 15 is 0 Å². The Kier molecular flexibility index (Phi) is 5.44. The van der Waals surface area contributed by atoms with Crippen molar-refractivity contribution in [2.45, 2.75) is 30.5 Å². The summed E-state index contributed by atoms with van der Waals surface area (Å²) in [7, 11) is 0. The Labute approximate surface area is 179 Å². The maximum absolute atomic E-state index is 12.8. The van der Waals surface area contributed by atoms with Gasteiger partial charge in [-0.25, -0.2) is 0 Å². The molecule has 0 unspecified atom stereocenters. The van der Waals surface area contributed by atoms with Crippen molar-refractivity contribution >= 4 is 11.0 Å². The molecule has 0 spiro atoms. The van der Waals surface area contributed by atoms with Gasteiger partial charge in [-0.3, -0.25) is 4.79 Å². The number of aromatic hydroxyl groups is 4. The summed E-state index contributed by atoms with van der Waals surface area (Å²) in [6, 6.07) is 6.59. The Morgan fingerprint density at radius 3 is 2.12 bits per heavy atom. The SMILES string of the molecule is O=c1cc(-c2ccc(O)cc2)oc2c(O)c(O)c([C@@H]3O[C@H](CO)[C@@H](O)[C@H](O)[C@H]3O)c(O)c12. The molecule has 0 saturated carbocycles. The van der Waals surface area contributed by atoms with Gasteiger partial charge in [-0.2, -0.15) is 0 Å². The van der Waals surface area contributed by atoms with Crippen molar-refractivity contribution in [3.05, 3.63) is 46.1 Å². The largest absolute Gasteiger partial charge is 0.508 e. The topological polar surface area (TPSA) is 201 Å². The van der Waals surface area contributed by atoms with Crippen LogP contribution in [0.25, 0.3) is 22.3 Å². The summed E-state index contributed by atoms with van der Waals surface area (Å²) >= 11 is 0. The van der Waals surface area contributed by atoms with E-state index in [-0.39, 0.29) is 11.5 Å². The molecule has 1 fully saturated rings. The number of benzene rings is 2. The summed E-state index contributed by atoms with van der Waals surface area (Å²) in [5.41, 5.74) is -1.63. The maximum Gasteiger partial charge on any atom is 0.202 e. The molecule has 170 valence electrons. The van der Waals surface area contributed by atoms with Crippen LogP contribution < -0.4 is 5.43 Å². The summed E-state index contributed by atoms with van der Waals surface area (Å²) in [5.74, 6) is -2.88. The number of phenols is 4. The number of aliphatic hydroxyl groups excluding tert-OH is 4. The van der Waals surface area contributed by atoms with Gasteiger partial charge in [-0.15, -0.1) is 0 Å². The number of hydrogen-bond donors (Lipinski definition) is 8. The summed E-state index contributed by atoms with van der Waals surface area (Å²) < 4.78 is 10.9. The molecule has 1 saturated heterocycles. The molecule has 0 aliphatic carbocycles. The van der Waals surface area contributed by atoms with Gasteiger partial charge in [0.25, 0.3) is 0 Å². The van der Waals surface area contributed by atoms with Gasteiger partial charge >= 0.3 is 0 Å². The van der Waals surface area contributed by atoms with Crippen molar-refractivity contribution in [3.8, 4) is 34.3 Å². The number of aliphatic hydroxyl groups is 4. The minimum atomic E-state index is -1.88. The summed E-state index contributed by atoms with van der Waals surface area (Å²) in [6.07, 6.45) is -8.47. The van der Waals surface area contributed by atoms with E-state index in [9.17, 15) is 45.6 Å². The average molecular weight is 448 g/mol. The van der Waals surface area contributed by atoms with Gasteiger partial charge < -0.3 is 50.0 Å². The zero-order chi connectivity index (χ0) is 23.3. The molecule has 11 heteroatoms. The van der Waals surface area contributed by atoms with E-state index in [1.807, 2.05) is 0 Å². The molecule has 1 aliphatic rings. The summed E-state index contributed by atoms with van der Waals surface area (Å²) in [5, 5.41) is 80.4. The zero-order valence-corrected chi connectivity index (χ0v) is 16.3. The normalized spacial score (nSPS) is 25.8. The summed E-state index contributed by atoms with van der Waals surface area (Å²) in [6.45, 7) is -0.763. The predicted octanol–water partition coefficient (Wildman–Crippen LogP) is -0.203. The number of rotatable bonds is 3. The van der Waals surface area contributed by atoms with Crippen molar-refractivity contribution in [3.63, 3.8) is 0 Å². The standard InChI is InChI=1S/C21H20O11/c22-6-11-14(25)17(28)19(30)21(32-11)13-15(26)12-9(24)5-10(7-1-3-8(23)4-2-7)31-20(12)18(29)16(13)27/h1-5,11,14,17,19,21-23,25-30H,6H2/t11-,14-,17+,19-,21+/m1/s1. The first-order chi connectivity index (χ1) is 15.1. The molecule has 4 rings (SSSR count). The number of phenolic OH excluding ortho intramolecular Hbond substituents is 4. The van der Waals surface area contributed by atoms with Crippen LogP contribution >= 0.6 is 0 Å². The van der Waals surface area contributed by atoms with Crippen molar-refractivity contribution in [2.75, 3.05) is 6.61 Å². The highest BCUT2D eigenvalue weighted by Gasteiger charge is 2.46. The lowest BCUT2D eigenvalue weighted by atomic mass is 9.89. The average Bonchev–Trinajstić information content (AvgIpc) is 2.77. The second-order valence-electron chi connectivity index (χ2n) is 7.43. The van der Waals surface area contributed by atoms with Crippen LogP contribution in [0.15, 0.2) is 39.5 Å². The molecule has 1 aliphatic heterocycles. The fourth-order valence-electron chi connectivity index (χ4n) is 3.74. The van der Waals surface area contributed by atoms with Crippen LogP contribution in [0, 0.1) is 0 Å². The maximum atomic E-state index is 12.8. The minimum absolute atomic E-state index is 0.0285. The molecule has 0 bridgehead atoms. The first-order valence-electron chi connectivity index (χ1n) is 9.50. The third-order valence-electron chi connectivity index (χ3n) is 5.46. The van der Waals surface area contributed by atoms with Crippen molar-refractivity contribution < 1.29 is 50.0 Å². The highest BCUT2D eigenvalue weighted by Crippen LogP contribution is 2.49. The molecular weight excluding hydrogens is 428 g/mol. The van der Waals surface area contributed by atoms with E-state index in [4.69, 9.17) is 9.15 Å². The van der Waals surface area contributed by atoms with Crippen molar-refractivity contribution in [1.82, 2.24) is 0 Å². The second-order valence-corrected chi connectivity index (χ2v) is 7.43. The molecule has 0 amide bonds. The lowest BCUT2D eigenvalue weighted by Gasteiger charge is -2.40. The molecule has 3 aromatic rings. The number of hydrogen-bond acceptors (Lipinski definition) is 11. The second kappa shape index (κ2) is 7.97. The molecule has 2 heterocycles. The summed E-state index contributed by atoms with van der Waals surface area (Å²) in [4.78, 5) is 12.8. The Morgan fingerprint density at radius 2 is 1.50 bits per heavy atom. The molecule has 32 heavy (non-hydrogen) atoms. The van der Waals surface area contributed by atoms with Crippen LogP contribution in [0.5, 0.6) is 23.0 Å². The lowest BCUT2D eigenvalue weighted by molar-refractivity contribution is -0.232. The Morgan fingerprint density at radius 1 is 0.844 bits per heavy atom.